The molecule has 0 unspecified atom stereocenters. The van der Waals surface area contributed by atoms with Gasteiger partial charge in [-0.2, -0.15) is 0 Å². The lowest BCUT2D eigenvalue weighted by Gasteiger charge is -2.21. The van der Waals surface area contributed by atoms with E-state index in [1.807, 2.05) is 40.7 Å². The van der Waals surface area contributed by atoms with Crippen LogP contribution in [0.3, 0.4) is 0 Å². The van der Waals surface area contributed by atoms with Gasteiger partial charge in [0.2, 0.25) is 0 Å². The Labute approximate surface area is 110 Å². The molecule has 18 heavy (non-hydrogen) atoms. The zero-order valence-corrected chi connectivity index (χ0v) is 12.4. The number of anilines is 1. The second-order valence-electron chi connectivity index (χ2n) is 5.74. The predicted octanol–water partition coefficient (Wildman–Crippen LogP) is 4.27. The van der Waals surface area contributed by atoms with E-state index in [-0.39, 0.29) is 0 Å². The van der Waals surface area contributed by atoms with Gasteiger partial charge in [-0.3, -0.25) is 5.32 Å². The first-order valence-corrected chi connectivity index (χ1v) is 6.19. The molecular formula is C15H23NO2. The minimum atomic E-state index is -0.479. The normalized spacial score (nSPS) is 11.3. The molecule has 0 aliphatic carbocycles. The standard InChI is InChI=1S/C15H23NO2/c1-9-8-13(12(4)11(3)10(9)2)16-14(17)18-15(5,6)7/h8H,1-7H3,(H,16,17). The Balaban J connectivity index is 2.96. The predicted molar refractivity (Wildman–Crippen MR) is 75.2 cm³/mol. The van der Waals surface area contributed by atoms with Gasteiger partial charge in [0.15, 0.2) is 0 Å². The Kier molecular flexibility index (Phi) is 4.05. The van der Waals surface area contributed by atoms with Crippen LogP contribution < -0.4 is 5.32 Å². The van der Waals surface area contributed by atoms with Crippen LogP contribution in [-0.4, -0.2) is 11.7 Å². The molecule has 1 amide bonds. The lowest BCUT2D eigenvalue weighted by molar-refractivity contribution is 0.0636. The summed E-state index contributed by atoms with van der Waals surface area (Å²) in [5.74, 6) is 0. The molecule has 0 atom stereocenters. The summed E-state index contributed by atoms with van der Waals surface area (Å²) < 4.78 is 5.26. The molecule has 1 rings (SSSR count). The van der Waals surface area contributed by atoms with Gasteiger partial charge in [0.05, 0.1) is 0 Å². The molecule has 0 saturated carbocycles. The number of carbonyl (C=O) groups excluding carboxylic acids is 1. The summed E-state index contributed by atoms with van der Waals surface area (Å²) in [5.41, 5.74) is 5.08. The number of amides is 1. The quantitative estimate of drug-likeness (QED) is 0.807. The van der Waals surface area contributed by atoms with E-state index in [2.05, 4.69) is 19.2 Å². The number of carbonyl (C=O) groups is 1. The van der Waals surface area contributed by atoms with Gasteiger partial charge < -0.3 is 4.74 Å². The number of hydrogen-bond acceptors (Lipinski definition) is 2. The highest BCUT2D eigenvalue weighted by atomic mass is 16.6. The topological polar surface area (TPSA) is 38.3 Å². The summed E-state index contributed by atoms with van der Waals surface area (Å²) in [6, 6.07) is 1.99. The smallest absolute Gasteiger partial charge is 0.412 e. The number of ether oxygens (including phenoxy) is 1. The van der Waals surface area contributed by atoms with Gasteiger partial charge in [-0.1, -0.05) is 0 Å². The third-order valence-electron chi connectivity index (χ3n) is 3.12. The van der Waals surface area contributed by atoms with Crippen LogP contribution in [0.2, 0.25) is 0 Å². The molecule has 0 aliphatic rings. The van der Waals surface area contributed by atoms with Crippen molar-refractivity contribution in [1.82, 2.24) is 0 Å². The van der Waals surface area contributed by atoms with Crippen LogP contribution in [0.15, 0.2) is 6.07 Å². The molecule has 0 bridgehead atoms. The van der Waals surface area contributed by atoms with Crippen molar-refractivity contribution in [3.63, 3.8) is 0 Å². The zero-order chi connectivity index (χ0) is 14.1. The summed E-state index contributed by atoms with van der Waals surface area (Å²) in [4.78, 5) is 11.8. The average molecular weight is 249 g/mol. The van der Waals surface area contributed by atoms with E-state index in [9.17, 15) is 4.79 Å². The minimum Gasteiger partial charge on any atom is -0.444 e. The van der Waals surface area contributed by atoms with Crippen molar-refractivity contribution in [3.8, 4) is 0 Å². The molecular weight excluding hydrogens is 226 g/mol. The van der Waals surface area contributed by atoms with Crippen molar-refractivity contribution in [1.29, 1.82) is 0 Å². The molecule has 1 aromatic rings. The summed E-state index contributed by atoms with van der Waals surface area (Å²) >= 11 is 0. The maximum Gasteiger partial charge on any atom is 0.412 e. The van der Waals surface area contributed by atoms with Crippen molar-refractivity contribution in [2.45, 2.75) is 54.1 Å². The van der Waals surface area contributed by atoms with Crippen LogP contribution in [0.25, 0.3) is 0 Å². The van der Waals surface area contributed by atoms with E-state index in [1.165, 1.54) is 16.7 Å². The number of aryl methyl sites for hydroxylation is 1. The summed E-state index contributed by atoms with van der Waals surface area (Å²) in [7, 11) is 0. The molecule has 0 aromatic heterocycles. The third kappa shape index (κ3) is 3.49. The number of rotatable bonds is 1. The molecule has 0 spiro atoms. The van der Waals surface area contributed by atoms with E-state index in [0.29, 0.717) is 0 Å². The molecule has 0 saturated heterocycles. The van der Waals surface area contributed by atoms with Gasteiger partial charge in [0.1, 0.15) is 5.60 Å². The summed E-state index contributed by atoms with van der Waals surface area (Å²) in [5, 5.41) is 2.81. The van der Waals surface area contributed by atoms with Gasteiger partial charge in [-0.15, -0.1) is 0 Å². The van der Waals surface area contributed by atoms with Crippen molar-refractivity contribution < 1.29 is 9.53 Å². The highest BCUT2D eigenvalue weighted by molar-refractivity contribution is 5.86. The minimum absolute atomic E-state index is 0.409. The van der Waals surface area contributed by atoms with E-state index in [1.54, 1.807) is 0 Å². The number of benzene rings is 1. The van der Waals surface area contributed by atoms with Gasteiger partial charge in [-0.05, 0) is 76.8 Å². The third-order valence-corrected chi connectivity index (χ3v) is 3.12. The van der Waals surface area contributed by atoms with Gasteiger partial charge >= 0.3 is 6.09 Å². The van der Waals surface area contributed by atoms with Crippen LogP contribution in [0.1, 0.15) is 43.0 Å². The van der Waals surface area contributed by atoms with E-state index >= 15 is 0 Å². The molecule has 3 nitrogen and oxygen atoms in total. The monoisotopic (exact) mass is 249 g/mol. The Bertz CT molecular complexity index is 470. The summed E-state index contributed by atoms with van der Waals surface area (Å²) in [6.45, 7) is 13.8. The van der Waals surface area contributed by atoms with E-state index < -0.39 is 11.7 Å². The molecule has 0 radical (unpaired) electrons. The van der Waals surface area contributed by atoms with Crippen molar-refractivity contribution in [2.24, 2.45) is 0 Å². The summed E-state index contributed by atoms with van der Waals surface area (Å²) in [6.07, 6.45) is -0.409. The first-order valence-electron chi connectivity index (χ1n) is 6.19. The highest BCUT2D eigenvalue weighted by Crippen LogP contribution is 2.25. The Morgan fingerprint density at radius 2 is 1.61 bits per heavy atom. The van der Waals surface area contributed by atoms with Crippen molar-refractivity contribution in [3.05, 3.63) is 28.3 Å². The zero-order valence-electron chi connectivity index (χ0n) is 12.4. The SMILES string of the molecule is Cc1cc(NC(=O)OC(C)(C)C)c(C)c(C)c1C. The average Bonchev–Trinajstić information content (AvgIpc) is 2.20. The Hall–Kier alpha value is -1.51. The first-order chi connectivity index (χ1) is 8.11. The Morgan fingerprint density at radius 3 is 2.11 bits per heavy atom. The maximum atomic E-state index is 11.8. The lowest BCUT2D eigenvalue weighted by Crippen LogP contribution is -2.27. The highest BCUT2D eigenvalue weighted by Gasteiger charge is 2.17. The number of nitrogens with one attached hydrogen (secondary N) is 1. The molecule has 100 valence electrons. The second kappa shape index (κ2) is 5.01. The van der Waals surface area contributed by atoms with Crippen molar-refractivity contribution >= 4 is 11.8 Å². The first kappa shape index (κ1) is 14.6. The molecule has 0 heterocycles. The van der Waals surface area contributed by atoms with Crippen LogP contribution in [0.4, 0.5) is 10.5 Å². The van der Waals surface area contributed by atoms with Crippen LogP contribution in [-0.2, 0) is 4.74 Å². The molecule has 1 aromatic carbocycles. The molecule has 3 heteroatoms. The Morgan fingerprint density at radius 1 is 1.06 bits per heavy atom. The van der Waals surface area contributed by atoms with Gasteiger partial charge in [0.25, 0.3) is 0 Å². The van der Waals surface area contributed by atoms with Gasteiger partial charge in [0, 0.05) is 5.69 Å². The van der Waals surface area contributed by atoms with E-state index in [0.717, 1.165) is 11.3 Å². The van der Waals surface area contributed by atoms with Crippen LogP contribution >= 0.6 is 0 Å². The second-order valence-corrected chi connectivity index (χ2v) is 5.74. The molecule has 0 fully saturated rings. The fourth-order valence-corrected chi connectivity index (χ4v) is 1.76. The van der Waals surface area contributed by atoms with Crippen LogP contribution in [0, 0.1) is 27.7 Å². The van der Waals surface area contributed by atoms with Crippen LogP contribution in [0.5, 0.6) is 0 Å². The largest absolute Gasteiger partial charge is 0.444 e. The lowest BCUT2D eigenvalue weighted by atomic mass is 9.98. The molecule has 0 aliphatic heterocycles. The van der Waals surface area contributed by atoms with E-state index in [4.69, 9.17) is 4.74 Å². The van der Waals surface area contributed by atoms with Gasteiger partial charge in [-0.25, -0.2) is 4.79 Å². The maximum absolute atomic E-state index is 11.8. The number of hydrogen-bond donors (Lipinski definition) is 1. The fraction of sp³-hybridized carbons (Fsp3) is 0.533. The molecule has 1 N–H and O–H groups in total. The fourth-order valence-electron chi connectivity index (χ4n) is 1.76. The van der Waals surface area contributed by atoms with Crippen molar-refractivity contribution in [2.75, 3.05) is 5.32 Å².